The van der Waals surface area contributed by atoms with Gasteiger partial charge in [0.2, 0.25) is 0 Å². The van der Waals surface area contributed by atoms with Gasteiger partial charge < -0.3 is 14.8 Å². The second-order valence-corrected chi connectivity index (χ2v) is 6.72. The smallest absolute Gasteiger partial charge is 0.344 e. The predicted molar refractivity (Wildman–Crippen MR) is 110 cm³/mol. The van der Waals surface area contributed by atoms with Gasteiger partial charge in [-0.25, -0.2) is 4.79 Å². The van der Waals surface area contributed by atoms with Crippen LogP contribution in [0.3, 0.4) is 0 Å². The fourth-order valence-corrected chi connectivity index (χ4v) is 2.93. The minimum absolute atomic E-state index is 0.245. The number of hydrogen-bond acceptors (Lipinski definition) is 4. The molecule has 1 amide bonds. The highest BCUT2D eigenvalue weighted by atomic mass is 16.6. The van der Waals surface area contributed by atoms with Crippen molar-refractivity contribution in [3.05, 3.63) is 72.3 Å². The lowest BCUT2D eigenvalue weighted by molar-refractivity contribution is -0.149. The molecule has 0 fully saturated rings. The Kier molecular flexibility index (Phi) is 6.27. The van der Waals surface area contributed by atoms with Gasteiger partial charge in [0.1, 0.15) is 5.75 Å². The monoisotopic (exact) mass is 377 g/mol. The molecule has 0 spiro atoms. The zero-order valence-electron chi connectivity index (χ0n) is 16.0. The van der Waals surface area contributed by atoms with Gasteiger partial charge in [-0.3, -0.25) is 4.79 Å². The first-order chi connectivity index (χ1) is 13.5. The van der Waals surface area contributed by atoms with E-state index in [0.29, 0.717) is 11.4 Å². The van der Waals surface area contributed by atoms with E-state index in [1.807, 2.05) is 66.7 Å². The molecule has 5 heteroatoms. The first-order valence-electron chi connectivity index (χ1n) is 9.19. The van der Waals surface area contributed by atoms with Crippen molar-refractivity contribution in [1.82, 2.24) is 0 Å². The molecule has 0 aliphatic rings. The largest absolute Gasteiger partial charge is 0.482 e. The summed E-state index contributed by atoms with van der Waals surface area (Å²) in [5.41, 5.74) is 1.70. The number of carbonyl (C=O) groups is 2. The van der Waals surface area contributed by atoms with Gasteiger partial charge in [-0.2, -0.15) is 0 Å². The fourth-order valence-electron chi connectivity index (χ4n) is 2.93. The summed E-state index contributed by atoms with van der Waals surface area (Å²) in [6, 6.07) is 20.9. The van der Waals surface area contributed by atoms with E-state index in [9.17, 15) is 9.59 Å². The van der Waals surface area contributed by atoms with Gasteiger partial charge in [0.05, 0.1) is 0 Å². The summed E-state index contributed by atoms with van der Waals surface area (Å²) < 4.78 is 10.6. The van der Waals surface area contributed by atoms with Gasteiger partial charge >= 0.3 is 5.97 Å². The van der Waals surface area contributed by atoms with Crippen molar-refractivity contribution in [2.75, 3.05) is 18.5 Å². The fraction of sp³-hybridized carbons (Fsp3) is 0.217. The molecule has 144 valence electrons. The molecule has 0 heterocycles. The number of para-hydroxylation sites is 1. The second kappa shape index (κ2) is 9.04. The number of carbonyl (C=O) groups excluding carboxylic acids is 2. The molecular weight excluding hydrogens is 354 g/mol. The summed E-state index contributed by atoms with van der Waals surface area (Å²) in [7, 11) is 0. The van der Waals surface area contributed by atoms with Crippen molar-refractivity contribution in [3.8, 4) is 5.75 Å². The van der Waals surface area contributed by atoms with Gasteiger partial charge in [0.25, 0.3) is 5.91 Å². The zero-order chi connectivity index (χ0) is 19.9. The van der Waals surface area contributed by atoms with E-state index in [4.69, 9.17) is 9.47 Å². The van der Waals surface area contributed by atoms with Crippen LogP contribution in [0, 0.1) is 0 Å². The number of benzene rings is 3. The second-order valence-electron chi connectivity index (χ2n) is 6.72. The van der Waals surface area contributed by atoms with Crippen LogP contribution in [0.15, 0.2) is 66.7 Å². The Morgan fingerprint density at radius 3 is 2.43 bits per heavy atom. The maximum Gasteiger partial charge on any atom is 0.344 e. The molecular formula is C23H23NO4. The maximum atomic E-state index is 12.1. The number of rotatable bonds is 7. The number of hydrogen-bond donors (Lipinski definition) is 1. The number of nitrogens with one attached hydrogen (secondary N) is 1. The predicted octanol–water partition coefficient (Wildman–Crippen LogP) is 4.52. The number of anilines is 1. The molecule has 0 radical (unpaired) electrons. The Bertz CT molecular complexity index is 976. The Morgan fingerprint density at radius 2 is 1.61 bits per heavy atom. The summed E-state index contributed by atoms with van der Waals surface area (Å²) >= 11 is 0. The van der Waals surface area contributed by atoms with Crippen LogP contribution in [0.25, 0.3) is 10.8 Å². The summed E-state index contributed by atoms with van der Waals surface area (Å²) in [6.07, 6.45) is 0. The molecule has 0 aromatic heterocycles. The van der Waals surface area contributed by atoms with Crippen LogP contribution in [0.2, 0.25) is 0 Å². The minimum Gasteiger partial charge on any atom is -0.482 e. The van der Waals surface area contributed by atoms with Crippen LogP contribution in [-0.2, 0) is 14.3 Å². The Morgan fingerprint density at radius 1 is 0.893 bits per heavy atom. The lowest BCUT2D eigenvalue weighted by Crippen LogP contribution is -2.24. The average Bonchev–Trinajstić information content (AvgIpc) is 2.71. The summed E-state index contributed by atoms with van der Waals surface area (Å²) in [6.45, 7) is 3.50. The number of esters is 1. The van der Waals surface area contributed by atoms with E-state index in [2.05, 4.69) is 19.2 Å². The summed E-state index contributed by atoms with van der Waals surface area (Å²) in [4.78, 5) is 24.1. The molecule has 1 N–H and O–H groups in total. The van der Waals surface area contributed by atoms with E-state index < -0.39 is 11.9 Å². The van der Waals surface area contributed by atoms with Gasteiger partial charge in [-0.1, -0.05) is 68.4 Å². The maximum absolute atomic E-state index is 12.1. The van der Waals surface area contributed by atoms with Gasteiger partial charge in [-0.05, 0) is 29.0 Å². The third-order valence-corrected chi connectivity index (χ3v) is 4.31. The van der Waals surface area contributed by atoms with E-state index in [1.54, 1.807) is 0 Å². The first-order valence-corrected chi connectivity index (χ1v) is 9.19. The average molecular weight is 377 g/mol. The van der Waals surface area contributed by atoms with Crippen molar-refractivity contribution < 1.29 is 19.1 Å². The molecule has 5 nitrogen and oxygen atoms in total. The van der Waals surface area contributed by atoms with Gasteiger partial charge in [0.15, 0.2) is 13.2 Å². The molecule has 0 atom stereocenters. The van der Waals surface area contributed by atoms with Crippen molar-refractivity contribution in [3.63, 3.8) is 0 Å². The molecule has 3 aromatic rings. The molecule has 3 aromatic carbocycles. The lowest BCUT2D eigenvalue weighted by atomic mass is 10.0. The van der Waals surface area contributed by atoms with Crippen LogP contribution < -0.4 is 10.1 Å². The molecule has 0 unspecified atom stereocenters. The van der Waals surface area contributed by atoms with Crippen molar-refractivity contribution in [2.45, 2.75) is 19.8 Å². The third kappa shape index (κ3) is 4.88. The van der Waals surface area contributed by atoms with Gasteiger partial charge in [0, 0.05) is 11.1 Å². The molecule has 0 saturated heterocycles. The Balaban J connectivity index is 1.51. The van der Waals surface area contributed by atoms with Crippen LogP contribution in [-0.4, -0.2) is 25.1 Å². The van der Waals surface area contributed by atoms with Crippen LogP contribution in [0.4, 0.5) is 5.69 Å². The third-order valence-electron chi connectivity index (χ3n) is 4.31. The van der Waals surface area contributed by atoms with E-state index in [-0.39, 0.29) is 19.1 Å². The minimum atomic E-state index is -0.591. The van der Waals surface area contributed by atoms with E-state index in [0.717, 1.165) is 16.3 Å². The van der Waals surface area contributed by atoms with E-state index in [1.165, 1.54) is 0 Å². The molecule has 3 rings (SSSR count). The highest BCUT2D eigenvalue weighted by molar-refractivity contribution is 6.02. The highest BCUT2D eigenvalue weighted by Crippen LogP contribution is 2.26. The molecule has 0 bridgehead atoms. The Hall–Kier alpha value is -3.34. The SMILES string of the molecule is CC(C)c1ccccc1OCC(=O)OCC(=O)Nc1cccc2ccccc12. The number of fused-ring (bicyclic) bond motifs is 1. The van der Waals surface area contributed by atoms with Crippen molar-refractivity contribution >= 4 is 28.3 Å². The molecule has 0 aliphatic carbocycles. The first kappa shape index (κ1) is 19.4. The number of amides is 1. The van der Waals surface area contributed by atoms with Crippen LogP contribution in [0.1, 0.15) is 25.3 Å². The van der Waals surface area contributed by atoms with Crippen molar-refractivity contribution in [1.29, 1.82) is 0 Å². The van der Waals surface area contributed by atoms with Crippen LogP contribution in [0.5, 0.6) is 5.75 Å². The zero-order valence-corrected chi connectivity index (χ0v) is 16.0. The normalized spacial score (nSPS) is 10.7. The molecule has 0 saturated carbocycles. The lowest BCUT2D eigenvalue weighted by Gasteiger charge is -2.13. The molecule has 28 heavy (non-hydrogen) atoms. The van der Waals surface area contributed by atoms with E-state index >= 15 is 0 Å². The Labute approximate surface area is 164 Å². The highest BCUT2D eigenvalue weighted by Gasteiger charge is 2.12. The summed E-state index contributed by atoms with van der Waals surface area (Å²) in [5, 5.41) is 4.73. The standard InChI is InChI=1S/C23H23NO4/c1-16(2)18-10-5-6-13-21(18)27-15-23(26)28-14-22(25)24-20-12-7-9-17-8-3-4-11-19(17)20/h3-13,16H,14-15H2,1-2H3,(H,24,25). The topological polar surface area (TPSA) is 64.6 Å². The summed E-state index contributed by atoms with van der Waals surface area (Å²) in [5.74, 6) is -0.0627. The van der Waals surface area contributed by atoms with Gasteiger partial charge in [-0.15, -0.1) is 0 Å². The number of ether oxygens (including phenoxy) is 2. The van der Waals surface area contributed by atoms with Crippen LogP contribution >= 0.6 is 0 Å². The quantitative estimate of drug-likeness (QED) is 0.615. The molecule has 0 aliphatic heterocycles. The van der Waals surface area contributed by atoms with Crippen molar-refractivity contribution in [2.24, 2.45) is 0 Å².